The molecule has 5 nitrogen and oxygen atoms in total. The monoisotopic (exact) mass is 318 g/mol. The predicted molar refractivity (Wildman–Crippen MR) is 88.8 cm³/mol. The first-order valence-electron chi connectivity index (χ1n) is 8.24. The van der Waals surface area contributed by atoms with Crippen LogP contribution >= 0.6 is 0 Å². The van der Waals surface area contributed by atoms with Crippen LogP contribution in [-0.4, -0.2) is 35.1 Å². The maximum atomic E-state index is 12.4. The Labute approximate surface area is 137 Å². The van der Waals surface area contributed by atoms with Crippen LogP contribution in [0.1, 0.15) is 45.1 Å². The van der Waals surface area contributed by atoms with Crippen molar-refractivity contribution in [3.63, 3.8) is 0 Å². The van der Waals surface area contributed by atoms with Crippen LogP contribution in [0.25, 0.3) is 0 Å². The smallest absolute Gasteiger partial charge is 0.245 e. The summed E-state index contributed by atoms with van der Waals surface area (Å²) in [7, 11) is 0. The summed E-state index contributed by atoms with van der Waals surface area (Å²) in [6.07, 6.45) is 0.792. The third kappa shape index (κ3) is 4.79. The summed E-state index contributed by atoms with van der Waals surface area (Å²) in [6.45, 7) is 5.49. The van der Waals surface area contributed by atoms with E-state index in [1.54, 1.807) is 0 Å². The minimum absolute atomic E-state index is 0.00437. The molecule has 1 aromatic carbocycles. The van der Waals surface area contributed by atoms with Gasteiger partial charge < -0.3 is 15.7 Å². The highest BCUT2D eigenvalue weighted by molar-refractivity contribution is 5.89. The number of benzene rings is 1. The molecule has 2 amide bonds. The summed E-state index contributed by atoms with van der Waals surface area (Å²) < 4.78 is 0. The maximum absolute atomic E-state index is 12.4. The Balaban J connectivity index is 1.95. The number of carbonyl (C=O) groups is 2. The van der Waals surface area contributed by atoms with E-state index in [0.717, 1.165) is 18.4 Å². The molecule has 0 spiro atoms. The first-order valence-corrected chi connectivity index (χ1v) is 8.24. The Hall–Kier alpha value is -1.88. The van der Waals surface area contributed by atoms with Crippen molar-refractivity contribution in [2.45, 2.75) is 57.7 Å². The fourth-order valence-electron chi connectivity index (χ4n) is 2.51. The average molecular weight is 318 g/mol. The minimum Gasteiger partial charge on any atom is -0.391 e. The van der Waals surface area contributed by atoms with Crippen molar-refractivity contribution in [1.82, 2.24) is 10.6 Å². The Morgan fingerprint density at radius 2 is 1.70 bits per heavy atom. The van der Waals surface area contributed by atoms with E-state index < -0.39 is 12.1 Å². The number of amides is 2. The summed E-state index contributed by atoms with van der Waals surface area (Å²) in [4.78, 5) is 24.3. The van der Waals surface area contributed by atoms with E-state index in [1.165, 1.54) is 6.92 Å². The minimum atomic E-state index is -0.933. The van der Waals surface area contributed by atoms with Crippen molar-refractivity contribution in [3.05, 3.63) is 35.9 Å². The molecule has 1 aliphatic carbocycles. The van der Waals surface area contributed by atoms with E-state index in [-0.39, 0.29) is 29.7 Å². The topological polar surface area (TPSA) is 78.4 Å². The van der Waals surface area contributed by atoms with Crippen molar-refractivity contribution >= 4 is 11.8 Å². The molecule has 1 aliphatic rings. The lowest BCUT2D eigenvalue weighted by molar-refractivity contribution is -0.132. The van der Waals surface area contributed by atoms with Gasteiger partial charge in [-0.15, -0.1) is 0 Å². The molecule has 0 radical (unpaired) electrons. The van der Waals surface area contributed by atoms with Crippen LogP contribution in [0.4, 0.5) is 0 Å². The molecule has 0 saturated heterocycles. The number of aliphatic hydroxyl groups excluding tert-OH is 1. The normalized spacial score (nSPS) is 19.3. The van der Waals surface area contributed by atoms with Gasteiger partial charge in [-0.2, -0.15) is 0 Å². The third-order valence-corrected chi connectivity index (χ3v) is 4.46. The summed E-state index contributed by atoms with van der Waals surface area (Å²) in [5, 5.41) is 15.4. The van der Waals surface area contributed by atoms with Gasteiger partial charge in [0.25, 0.3) is 0 Å². The lowest BCUT2D eigenvalue weighted by Crippen LogP contribution is -2.55. The standard InChI is InChI=1S/C18H26N2O3/c1-11(14-7-5-4-6-8-14)12(2)19-18(23)16(13(3)21)20-17(22)15-9-10-15/h4-8,11-13,15-16,21H,9-10H2,1-3H3,(H,19,23)(H,20,22). The van der Waals surface area contributed by atoms with E-state index in [9.17, 15) is 14.7 Å². The molecule has 4 atom stereocenters. The Bertz CT molecular complexity index is 540. The quantitative estimate of drug-likeness (QED) is 0.714. The van der Waals surface area contributed by atoms with E-state index >= 15 is 0 Å². The van der Waals surface area contributed by atoms with E-state index in [0.29, 0.717) is 0 Å². The van der Waals surface area contributed by atoms with Crippen molar-refractivity contribution in [1.29, 1.82) is 0 Å². The zero-order valence-corrected chi connectivity index (χ0v) is 14.0. The zero-order valence-electron chi connectivity index (χ0n) is 14.0. The fourth-order valence-corrected chi connectivity index (χ4v) is 2.51. The summed E-state index contributed by atoms with van der Waals surface area (Å²) in [6, 6.07) is 8.92. The van der Waals surface area contributed by atoms with Crippen LogP contribution in [0.15, 0.2) is 30.3 Å². The molecule has 5 heteroatoms. The molecule has 4 unspecified atom stereocenters. The van der Waals surface area contributed by atoms with Gasteiger partial charge in [-0.3, -0.25) is 9.59 Å². The molecule has 1 saturated carbocycles. The van der Waals surface area contributed by atoms with E-state index in [2.05, 4.69) is 10.6 Å². The molecule has 2 rings (SSSR count). The van der Waals surface area contributed by atoms with Gasteiger partial charge in [0.2, 0.25) is 11.8 Å². The van der Waals surface area contributed by atoms with E-state index in [4.69, 9.17) is 0 Å². The Morgan fingerprint density at radius 1 is 1.09 bits per heavy atom. The average Bonchev–Trinajstić information content (AvgIpc) is 3.36. The second kappa shape index (κ2) is 7.59. The first kappa shape index (κ1) is 17.5. The molecule has 0 aromatic heterocycles. The molecule has 23 heavy (non-hydrogen) atoms. The number of hydrogen-bond acceptors (Lipinski definition) is 3. The Kier molecular flexibility index (Phi) is 5.77. The van der Waals surface area contributed by atoms with Crippen LogP contribution in [0, 0.1) is 5.92 Å². The highest BCUT2D eigenvalue weighted by Crippen LogP contribution is 2.29. The number of aliphatic hydroxyl groups is 1. The second-order valence-corrected chi connectivity index (χ2v) is 6.50. The molecule has 1 aromatic rings. The third-order valence-electron chi connectivity index (χ3n) is 4.46. The lowest BCUT2D eigenvalue weighted by Gasteiger charge is -2.26. The molecule has 3 N–H and O–H groups in total. The van der Waals surface area contributed by atoms with Gasteiger partial charge in [0, 0.05) is 17.9 Å². The van der Waals surface area contributed by atoms with Crippen molar-refractivity contribution in [2.75, 3.05) is 0 Å². The molecular weight excluding hydrogens is 292 g/mol. The van der Waals surface area contributed by atoms with Gasteiger partial charge in [0.15, 0.2) is 0 Å². The number of carbonyl (C=O) groups excluding carboxylic acids is 2. The predicted octanol–water partition coefficient (Wildman–Crippen LogP) is 1.57. The van der Waals surface area contributed by atoms with Gasteiger partial charge in [-0.1, -0.05) is 37.3 Å². The highest BCUT2D eigenvalue weighted by Gasteiger charge is 2.34. The van der Waals surface area contributed by atoms with Gasteiger partial charge in [-0.05, 0) is 32.3 Å². The number of nitrogens with one attached hydrogen (secondary N) is 2. The first-order chi connectivity index (χ1) is 10.9. The summed E-state index contributed by atoms with van der Waals surface area (Å²) in [5.74, 6) is -0.349. The SMILES string of the molecule is CC(O)C(NC(=O)C1CC1)C(=O)NC(C)C(C)c1ccccc1. The van der Waals surface area contributed by atoms with Crippen LogP contribution in [0.3, 0.4) is 0 Å². The largest absolute Gasteiger partial charge is 0.391 e. The van der Waals surface area contributed by atoms with Crippen LogP contribution in [0.5, 0.6) is 0 Å². The molecular formula is C18H26N2O3. The highest BCUT2D eigenvalue weighted by atomic mass is 16.3. The summed E-state index contributed by atoms with van der Waals surface area (Å²) >= 11 is 0. The molecule has 0 bridgehead atoms. The van der Waals surface area contributed by atoms with Gasteiger partial charge >= 0.3 is 0 Å². The molecule has 0 heterocycles. The van der Waals surface area contributed by atoms with E-state index in [1.807, 2.05) is 44.2 Å². The summed E-state index contributed by atoms with van der Waals surface area (Å²) in [5.41, 5.74) is 1.14. The van der Waals surface area contributed by atoms with Gasteiger partial charge in [0.05, 0.1) is 6.10 Å². The molecule has 126 valence electrons. The van der Waals surface area contributed by atoms with Crippen molar-refractivity contribution in [2.24, 2.45) is 5.92 Å². The zero-order chi connectivity index (χ0) is 17.0. The van der Waals surface area contributed by atoms with Gasteiger partial charge in [-0.25, -0.2) is 0 Å². The van der Waals surface area contributed by atoms with Crippen LogP contribution in [0.2, 0.25) is 0 Å². The lowest BCUT2D eigenvalue weighted by atomic mass is 9.94. The second-order valence-electron chi connectivity index (χ2n) is 6.50. The maximum Gasteiger partial charge on any atom is 0.245 e. The molecule has 0 aliphatic heterocycles. The van der Waals surface area contributed by atoms with Crippen LogP contribution < -0.4 is 10.6 Å². The van der Waals surface area contributed by atoms with Gasteiger partial charge in [0.1, 0.15) is 6.04 Å². The number of rotatable bonds is 7. The molecule has 1 fully saturated rings. The number of hydrogen-bond donors (Lipinski definition) is 3. The van der Waals surface area contributed by atoms with Crippen LogP contribution in [-0.2, 0) is 9.59 Å². The van der Waals surface area contributed by atoms with Crippen molar-refractivity contribution in [3.8, 4) is 0 Å². The van der Waals surface area contributed by atoms with Crippen molar-refractivity contribution < 1.29 is 14.7 Å². The fraction of sp³-hybridized carbons (Fsp3) is 0.556. The Morgan fingerprint density at radius 3 is 2.22 bits per heavy atom.